The van der Waals surface area contributed by atoms with E-state index in [2.05, 4.69) is 15.0 Å². The van der Waals surface area contributed by atoms with Crippen LogP contribution in [-0.2, 0) is 0 Å². The first-order valence-corrected chi connectivity index (χ1v) is 4.32. The van der Waals surface area contributed by atoms with Crippen LogP contribution in [0.5, 0.6) is 0 Å². The van der Waals surface area contributed by atoms with Crippen molar-refractivity contribution >= 4 is 47.4 Å². The van der Waals surface area contributed by atoms with E-state index >= 15 is 0 Å². The van der Waals surface area contributed by atoms with Crippen molar-refractivity contribution in [3.63, 3.8) is 0 Å². The molecule has 0 saturated carbocycles. The first kappa shape index (κ1) is 16.8. The summed E-state index contributed by atoms with van der Waals surface area (Å²) < 4.78 is 0. The number of nitrogens with one attached hydrogen (secondary N) is 3. The molecule has 12 nitrogen and oxygen atoms in total. The predicted molar refractivity (Wildman–Crippen MR) is 67.1 cm³/mol. The summed E-state index contributed by atoms with van der Waals surface area (Å²) in [5, 5.41) is 0. The van der Waals surface area contributed by atoms with E-state index in [-0.39, 0.29) is 47.4 Å². The Labute approximate surface area is 126 Å². The summed E-state index contributed by atoms with van der Waals surface area (Å²) in [6, 6.07) is 0. The van der Waals surface area contributed by atoms with E-state index in [1.807, 2.05) is 0 Å². The molecule has 2 aromatic heterocycles. The van der Waals surface area contributed by atoms with Gasteiger partial charge in [0, 0.05) is 29.6 Å². The molecule has 2 heterocycles. The van der Waals surface area contributed by atoms with Crippen LogP contribution in [0.1, 0.15) is 0 Å². The largest absolute Gasteiger partial charge is 0.368 e. The van der Waals surface area contributed by atoms with Crippen LogP contribution in [0.3, 0.4) is 0 Å². The molecule has 19 heavy (non-hydrogen) atoms. The van der Waals surface area contributed by atoms with E-state index in [0.29, 0.717) is 0 Å². The normalized spacial score (nSPS) is 8.84. The number of hydrogen-bond acceptors (Lipinski definition) is 9. The standard InChI is InChI=1S/C3H6N6.C3H3N3O3.Na/c4-1-7-2(5)9-3(6)8-1;7-1-4-2(8)6-3(9)5-1;/h(H6,4,5,6,7,8,9);(H3,4,5,6,7,8,9);. The molecule has 97 valence electrons. The SMILES string of the molecule is Nc1nc(N)nc(N)n1.O=c1[nH]c(=O)[nH]c(=O)[nH]1.[Na]. The van der Waals surface area contributed by atoms with Gasteiger partial charge in [-0.25, -0.2) is 14.4 Å². The molecular formula is C6H9N9NaO3. The fourth-order valence-corrected chi connectivity index (χ4v) is 0.830. The fraction of sp³-hybridized carbons (Fsp3) is 0. The van der Waals surface area contributed by atoms with Gasteiger partial charge in [-0.2, -0.15) is 15.0 Å². The molecular weight excluding hydrogens is 269 g/mol. The van der Waals surface area contributed by atoms with E-state index in [4.69, 9.17) is 17.2 Å². The maximum atomic E-state index is 10.2. The molecule has 0 aliphatic carbocycles. The molecule has 0 unspecified atom stereocenters. The minimum absolute atomic E-state index is 0. The molecule has 0 aliphatic rings. The van der Waals surface area contributed by atoms with Crippen LogP contribution in [0.2, 0.25) is 0 Å². The van der Waals surface area contributed by atoms with Crippen LogP contribution < -0.4 is 34.3 Å². The Morgan fingerprint density at radius 3 is 1.05 bits per heavy atom. The number of nitrogens with zero attached hydrogens (tertiary/aromatic N) is 3. The van der Waals surface area contributed by atoms with Gasteiger partial charge in [-0.3, -0.25) is 15.0 Å². The molecule has 1 radical (unpaired) electrons. The van der Waals surface area contributed by atoms with Gasteiger partial charge in [0.15, 0.2) is 0 Å². The topological polar surface area (TPSA) is 215 Å². The molecule has 0 atom stereocenters. The number of nitrogens with two attached hydrogens (primary N) is 3. The van der Waals surface area contributed by atoms with Crippen LogP contribution in [0, 0.1) is 0 Å². The molecule has 9 N–H and O–H groups in total. The minimum Gasteiger partial charge on any atom is -0.368 e. The number of aromatic nitrogens is 6. The number of anilines is 3. The van der Waals surface area contributed by atoms with E-state index in [1.165, 1.54) is 0 Å². The van der Waals surface area contributed by atoms with Crippen molar-refractivity contribution in [3.05, 3.63) is 31.5 Å². The number of rotatable bonds is 0. The van der Waals surface area contributed by atoms with Gasteiger partial charge >= 0.3 is 17.1 Å². The second-order valence-electron chi connectivity index (χ2n) is 2.77. The van der Waals surface area contributed by atoms with Crippen molar-refractivity contribution in [1.29, 1.82) is 0 Å². The summed E-state index contributed by atoms with van der Waals surface area (Å²) in [4.78, 5) is 46.4. The van der Waals surface area contributed by atoms with Crippen LogP contribution in [-0.4, -0.2) is 59.5 Å². The number of H-pyrrole nitrogens is 3. The molecule has 2 aromatic rings. The quantitative estimate of drug-likeness (QED) is 0.258. The molecule has 0 spiro atoms. The molecule has 13 heteroatoms. The third kappa shape index (κ3) is 6.35. The number of hydrogen-bond donors (Lipinski definition) is 6. The summed E-state index contributed by atoms with van der Waals surface area (Å²) >= 11 is 0. The van der Waals surface area contributed by atoms with Crippen molar-refractivity contribution in [2.75, 3.05) is 17.2 Å². The van der Waals surface area contributed by atoms with E-state index in [0.717, 1.165) is 0 Å². The Kier molecular flexibility index (Phi) is 6.46. The van der Waals surface area contributed by atoms with Gasteiger partial charge in [-0.15, -0.1) is 0 Å². The Hall–Kier alpha value is -2.18. The van der Waals surface area contributed by atoms with E-state index in [1.54, 1.807) is 15.0 Å². The zero-order valence-electron chi connectivity index (χ0n) is 9.80. The molecule has 0 aromatic carbocycles. The summed E-state index contributed by atoms with van der Waals surface area (Å²) in [5.41, 5.74) is 13.0. The van der Waals surface area contributed by atoms with Gasteiger partial charge < -0.3 is 17.2 Å². The average Bonchev–Trinajstić information content (AvgIpc) is 2.12. The first-order chi connectivity index (χ1) is 8.36. The van der Waals surface area contributed by atoms with Gasteiger partial charge in [0.1, 0.15) is 0 Å². The molecule has 0 saturated heterocycles. The van der Waals surface area contributed by atoms with Crippen molar-refractivity contribution in [2.45, 2.75) is 0 Å². The monoisotopic (exact) mass is 278 g/mol. The Bertz CT molecular complexity index is 575. The molecule has 0 amide bonds. The molecule has 0 aliphatic heterocycles. The van der Waals surface area contributed by atoms with Crippen LogP contribution >= 0.6 is 0 Å². The van der Waals surface area contributed by atoms with Crippen molar-refractivity contribution in [2.24, 2.45) is 0 Å². The van der Waals surface area contributed by atoms with Crippen LogP contribution in [0.25, 0.3) is 0 Å². The van der Waals surface area contributed by atoms with Crippen molar-refractivity contribution in [3.8, 4) is 0 Å². The third-order valence-electron chi connectivity index (χ3n) is 1.37. The zero-order valence-corrected chi connectivity index (χ0v) is 11.8. The molecule has 2 rings (SSSR count). The Morgan fingerprint density at radius 2 is 0.842 bits per heavy atom. The number of aromatic amines is 3. The van der Waals surface area contributed by atoms with E-state index in [9.17, 15) is 14.4 Å². The maximum absolute atomic E-state index is 10.2. The summed E-state index contributed by atoms with van der Waals surface area (Å²) in [6.45, 7) is 0. The van der Waals surface area contributed by atoms with Gasteiger partial charge in [0.2, 0.25) is 17.8 Å². The summed E-state index contributed by atoms with van der Waals surface area (Å²) in [6.07, 6.45) is 0. The zero-order chi connectivity index (χ0) is 13.7. The Balaban J connectivity index is 0.000000324. The third-order valence-corrected chi connectivity index (χ3v) is 1.37. The molecule has 0 bridgehead atoms. The van der Waals surface area contributed by atoms with E-state index < -0.39 is 17.1 Å². The average molecular weight is 278 g/mol. The van der Waals surface area contributed by atoms with Gasteiger partial charge in [-0.05, 0) is 0 Å². The van der Waals surface area contributed by atoms with Crippen LogP contribution in [0.15, 0.2) is 14.4 Å². The fourth-order valence-electron chi connectivity index (χ4n) is 0.830. The smallest absolute Gasteiger partial charge is 0.330 e. The summed E-state index contributed by atoms with van der Waals surface area (Å²) in [7, 11) is 0. The number of nitrogen functional groups attached to an aromatic ring is 3. The van der Waals surface area contributed by atoms with Crippen molar-refractivity contribution in [1.82, 2.24) is 29.9 Å². The summed E-state index contributed by atoms with van der Waals surface area (Å²) in [5.74, 6) is 0.125. The Morgan fingerprint density at radius 1 is 0.632 bits per heavy atom. The van der Waals surface area contributed by atoms with Crippen LogP contribution in [0.4, 0.5) is 17.8 Å². The second-order valence-corrected chi connectivity index (χ2v) is 2.77. The second kappa shape index (κ2) is 7.30. The maximum Gasteiger partial charge on any atom is 0.330 e. The van der Waals surface area contributed by atoms with Gasteiger partial charge in [0.05, 0.1) is 0 Å². The van der Waals surface area contributed by atoms with Gasteiger partial charge in [0.25, 0.3) is 0 Å². The predicted octanol–water partition coefficient (Wildman–Crippen LogP) is -4.01. The first-order valence-electron chi connectivity index (χ1n) is 4.32. The van der Waals surface area contributed by atoms with Gasteiger partial charge in [-0.1, -0.05) is 0 Å². The minimum atomic E-state index is -0.802. The van der Waals surface area contributed by atoms with Crippen molar-refractivity contribution < 1.29 is 0 Å². The molecule has 0 fully saturated rings.